The van der Waals surface area contributed by atoms with Crippen LogP contribution in [-0.4, -0.2) is 26.7 Å². The Bertz CT molecular complexity index is 943. The lowest BCUT2D eigenvalue weighted by Gasteiger charge is -2.04. The zero-order chi connectivity index (χ0) is 16.0. The van der Waals surface area contributed by atoms with Crippen molar-refractivity contribution in [3.05, 3.63) is 30.2 Å². The molecule has 114 valence electrons. The van der Waals surface area contributed by atoms with Gasteiger partial charge < -0.3 is 13.9 Å². The van der Waals surface area contributed by atoms with Crippen molar-refractivity contribution < 1.29 is 22.7 Å². The molecule has 4 rings (SSSR count). The Morgan fingerprint density at radius 1 is 1.17 bits per heavy atom. The molecular formula is C13H5F2N5O3. The van der Waals surface area contributed by atoms with E-state index in [0.29, 0.717) is 5.56 Å². The first-order chi connectivity index (χ1) is 11.1. The molecule has 3 heterocycles. The Labute approximate surface area is 126 Å². The van der Waals surface area contributed by atoms with E-state index in [1.807, 2.05) is 6.07 Å². The smallest absolute Gasteiger partial charge is 0.444 e. The van der Waals surface area contributed by atoms with Crippen LogP contribution in [0.5, 0.6) is 11.5 Å². The Morgan fingerprint density at radius 2 is 2.00 bits per heavy atom. The van der Waals surface area contributed by atoms with Gasteiger partial charge in [-0.3, -0.25) is 0 Å². The second-order valence-corrected chi connectivity index (χ2v) is 4.50. The average molecular weight is 317 g/mol. The molecule has 0 unspecified atom stereocenters. The van der Waals surface area contributed by atoms with Crippen molar-refractivity contribution in [2.75, 3.05) is 0 Å². The maximum Gasteiger partial charge on any atom is 0.586 e. The molecule has 0 radical (unpaired) electrons. The zero-order valence-corrected chi connectivity index (χ0v) is 11.1. The average Bonchev–Trinajstić information content (AvgIpc) is 3.21. The number of hydrogen-bond donors (Lipinski definition) is 1. The number of ether oxygens (including phenoxy) is 2. The van der Waals surface area contributed by atoms with Crippen molar-refractivity contribution in [2.24, 2.45) is 0 Å². The number of aromatic nitrogens is 4. The maximum atomic E-state index is 13.0. The first-order valence-corrected chi connectivity index (χ1v) is 6.23. The molecule has 0 spiro atoms. The van der Waals surface area contributed by atoms with Gasteiger partial charge in [-0.05, 0) is 18.2 Å². The van der Waals surface area contributed by atoms with Gasteiger partial charge in [-0.1, -0.05) is 0 Å². The number of H-pyrrole nitrogens is 1. The van der Waals surface area contributed by atoms with Gasteiger partial charge in [0.1, 0.15) is 18.0 Å². The first kappa shape index (κ1) is 13.2. The molecule has 0 aliphatic carbocycles. The van der Waals surface area contributed by atoms with Crippen molar-refractivity contribution in [1.29, 1.82) is 5.26 Å². The predicted molar refractivity (Wildman–Crippen MR) is 68.2 cm³/mol. The third-order valence-corrected chi connectivity index (χ3v) is 3.05. The van der Waals surface area contributed by atoms with Gasteiger partial charge in [0.05, 0.1) is 0 Å². The van der Waals surface area contributed by atoms with Crippen LogP contribution < -0.4 is 9.47 Å². The summed E-state index contributed by atoms with van der Waals surface area (Å²) in [5.41, 5.74) is 0.983. The summed E-state index contributed by atoms with van der Waals surface area (Å²) >= 11 is 0. The molecule has 0 atom stereocenters. The van der Waals surface area contributed by atoms with E-state index >= 15 is 0 Å². The van der Waals surface area contributed by atoms with Gasteiger partial charge in [0.2, 0.25) is 5.89 Å². The van der Waals surface area contributed by atoms with Crippen LogP contribution in [0.4, 0.5) is 8.78 Å². The molecule has 1 aliphatic heterocycles. The molecule has 1 N–H and O–H groups in total. The Kier molecular flexibility index (Phi) is 2.59. The van der Waals surface area contributed by atoms with Gasteiger partial charge in [-0.15, -0.1) is 13.9 Å². The van der Waals surface area contributed by atoms with E-state index in [1.165, 1.54) is 24.5 Å². The lowest BCUT2D eigenvalue weighted by Crippen LogP contribution is -2.25. The van der Waals surface area contributed by atoms with Crippen molar-refractivity contribution in [3.63, 3.8) is 0 Å². The van der Waals surface area contributed by atoms with Crippen LogP contribution in [0.15, 0.2) is 28.9 Å². The Balaban J connectivity index is 1.70. The second kappa shape index (κ2) is 4.51. The van der Waals surface area contributed by atoms with E-state index in [2.05, 4.69) is 29.9 Å². The third kappa shape index (κ3) is 2.15. The summed E-state index contributed by atoms with van der Waals surface area (Å²) < 4.78 is 40.0. The van der Waals surface area contributed by atoms with Crippen LogP contribution in [0, 0.1) is 11.3 Å². The highest BCUT2D eigenvalue weighted by Crippen LogP contribution is 2.42. The van der Waals surface area contributed by atoms with E-state index < -0.39 is 6.29 Å². The van der Waals surface area contributed by atoms with E-state index in [0.717, 1.165) is 0 Å². The molecule has 8 nitrogen and oxygen atoms in total. The van der Waals surface area contributed by atoms with E-state index in [4.69, 9.17) is 9.68 Å². The molecule has 0 amide bonds. The number of nitrogens with one attached hydrogen (secondary N) is 1. The van der Waals surface area contributed by atoms with Crippen LogP contribution in [0.25, 0.3) is 22.8 Å². The van der Waals surface area contributed by atoms with Gasteiger partial charge in [0, 0.05) is 5.56 Å². The predicted octanol–water partition coefficient (Wildman–Crippen LogP) is 2.32. The highest BCUT2D eigenvalue weighted by molar-refractivity contribution is 5.65. The molecule has 23 heavy (non-hydrogen) atoms. The Morgan fingerprint density at radius 3 is 2.83 bits per heavy atom. The number of aromatic amines is 1. The molecule has 1 aromatic carbocycles. The van der Waals surface area contributed by atoms with Crippen LogP contribution >= 0.6 is 0 Å². The van der Waals surface area contributed by atoms with Crippen LogP contribution in [0.1, 0.15) is 5.69 Å². The summed E-state index contributed by atoms with van der Waals surface area (Å²) in [7, 11) is 0. The molecular weight excluding hydrogens is 312 g/mol. The molecule has 2 aromatic heterocycles. The van der Waals surface area contributed by atoms with Crippen molar-refractivity contribution in [2.45, 2.75) is 6.29 Å². The van der Waals surface area contributed by atoms with E-state index in [1.54, 1.807) is 0 Å². The largest absolute Gasteiger partial charge is 0.586 e. The SMILES string of the molecule is N#Cc1n[nH]nc1-c1coc(-c2ccc3c(c2)OC(F)(F)O3)n1. The number of alkyl halides is 2. The fourth-order valence-electron chi connectivity index (χ4n) is 2.08. The van der Waals surface area contributed by atoms with E-state index in [9.17, 15) is 8.78 Å². The summed E-state index contributed by atoms with van der Waals surface area (Å²) in [6, 6.07) is 6.00. The lowest BCUT2D eigenvalue weighted by molar-refractivity contribution is -0.286. The summed E-state index contributed by atoms with van der Waals surface area (Å²) in [4.78, 5) is 4.17. The maximum absolute atomic E-state index is 13.0. The number of fused-ring (bicyclic) bond motifs is 1. The fourth-order valence-corrected chi connectivity index (χ4v) is 2.08. The van der Waals surface area contributed by atoms with Crippen LogP contribution in [0.3, 0.4) is 0 Å². The van der Waals surface area contributed by atoms with Crippen molar-refractivity contribution >= 4 is 0 Å². The highest BCUT2D eigenvalue weighted by Gasteiger charge is 2.43. The normalized spacial score (nSPS) is 14.7. The lowest BCUT2D eigenvalue weighted by atomic mass is 10.2. The first-order valence-electron chi connectivity index (χ1n) is 6.23. The van der Waals surface area contributed by atoms with Gasteiger partial charge >= 0.3 is 6.29 Å². The third-order valence-electron chi connectivity index (χ3n) is 3.05. The monoisotopic (exact) mass is 317 g/mol. The highest BCUT2D eigenvalue weighted by atomic mass is 19.3. The summed E-state index contributed by atoms with van der Waals surface area (Å²) in [6.45, 7) is 0. The number of oxazole rings is 1. The molecule has 0 saturated heterocycles. The molecule has 10 heteroatoms. The van der Waals surface area contributed by atoms with Gasteiger partial charge in [-0.25, -0.2) is 4.98 Å². The summed E-state index contributed by atoms with van der Waals surface area (Å²) in [5, 5.41) is 18.7. The number of rotatable bonds is 2. The molecule has 3 aromatic rings. The number of hydrogen-bond acceptors (Lipinski definition) is 7. The molecule has 0 bridgehead atoms. The number of nitrogens with zero attached hydrogens (tertiary/aromatic N) is 4. The quantitative estimate of drug-likeness (QED) is 0.772. The Hall–Kier alpha value is -3.48. The molecule has 0 fully saturated rings. The molecule has 1 aliphatic rings. The van der Waals surface area contributed by atoms with Crippen LogP contribution in [-0.2, 0) is 0 Å². The second-order valence-electron chi connectivity index (χ2n) is 4.50. The van der Waals surface area contributed by atoms with Crippen molar-refractivity contribution in [3.8, 4) is 40.4 Å². The number of benzene rings is 1. The number of nitriles is 1. The topological polar surface area (TPSA) is 110 Å². The zero-order valence-electron chi connectivity index (χ0n) is 11.1. The fraction of sp³-hybridized carbons (Fsp3) is 0.0769. The van der Waals surface area contributed by atoms with Gasteiger partial charge in [0.25, 0.3) is 0 Å². The van der Waals surface area contributed by atoms with Crippen LogP contribution in [0.2, 0.25) is 0 Å². The summed E-state index contributed by atoms with van der Waals surface area (Å²) in [5.74, 6) is -0.0475. The summed E-state index contributed by atoms with van der Waals surface area (Å²) in [6.07, 6.45) is -2.40. The van der Waals surface area contributed by atoms with Gasteiger partial charge in [-0.2, -0.15) is 15.6 Å². The van der Waals surface area contributed by atoms with E-state index in [-0.39, 0.29) is 34.5 Å². The minimum atomic E-state index is -3.69. The standard InChI is InChI=1S/C13H5F2N5O3/c14-13(15)22-9-2-1-6(3-10(9)23-13)12-17-8(5-21-12)11-7(4-16)18-20-19-11/h1-3,5H,(H,18,19,20). The number of halogens is 2. The van der Waals surface area contributed by atoms with Crippen molar-refractivity contribution in [1.82, 2.24) is 20.4 Å². The minimum Gasteiger partial charge on any atom is -0.444 e. The minimum absolute atomic E-state index is 0.0650. The van der Waals surface area contributed by atoms with Gasteiger partial charge in [0.15, 0.2) is 22.9 Å². The molecule has 0 saturated carbocycles.